The van der Waals surface area contributed by atoms with Crippen molar-refractivity contribution in [3.63, 3.8) is 0 Å². The van der Waals surface area contributed by atoms with Gasteiger partial charge in [0, 0.05) is 16.6 Å². The molecule has 2 unspecified atom stereocenters. The van der Waals surface area contributed by atoms with Gasteiger partial charge in [-0.1, -0.05) is 72.2 Å². The fourth-order valence-electron chi connectivity index (χ4n) is 4.13. The fourth-order valence-corrected chi connectivity index (χ4v) is 4.39. The lowest BCUT2D eigenvalue weighted by molar-refractivity contribution is 0.156. The predicted molar refractivity (Wildman–Crippen MR) is 122 cm³/mol. The van der Waals surface area contributed by atoms with Crippen LogP contribution in [0.4, 0.5) is 0 Å². The monoisotopic (exact) mass is 440 g/mol. The van der Waals surface area contributed by atoms with Crippen LogP contribution in [0.1, 0.15) is 64.6 Å². The second-order valence-corrected chi connectivity index (χ2v) is 9.18. The van der Waals surface area contributed by atoms with E-state index in [0.29, 0.717) is 12.1 Å². The minimum absolute atomic E-state index is 0.262. The van der Waals surface area contributed by atoms with E-state index in [1.54, 1.807) is 0 Å². The maximum absolute atomic E-state index is 10.2. The Morgan fingerprint density at radius 3 is 2.07 bits per heavy atom. The van der Waals surface area contributed by atoms with Crippen LogP contribution < -0.4 is 0 Å². The van der Waals surface area contributed by atoms with Crippen LogP contribution in [0.5, 0.6) is 0 Å². The van der Waals surface area contributed by atoms with E-state index < -0.39 is 5.41 Å². The Morgan fingerprint density at radius 1 is 0.964 bits per heavy atom. The van der Waals surface area contributed by atoms with E-state index in [0.717, 1.165) is 29.4 Å². The Labute approximate surface area is 179 Å². The summed E-state index contributed by atoms with van der Waals surface area (Å²) in [4.78, 5) is 2.54. The highest BCUT2D eigenvalue weighted by atomic mass is 79.9. The Hall–Kier alpha value is -1.63. The summed E-state index contributed by atoms with van der Waals surface area (Å²) in [7, 11) is 0. The molecule has 0 bridgehead atoms. The van der Waals surface area contributed by atoms with Gasteiger partial charge in [0.2, 0.25) is 0 Å². The summed E-state index contributed by atoms with van der Waals surface area (Å²) >= 11 is 3.51. The molecular formula is C25H33BrN2. The largest absolute Gasteiger partial charge is 0.294 e. The zero-order chi connectivity index (χ0) is 20.7. The average molecular weight is 441 g/mol. The van der Waals surface area contributed by atoms with Crippen LogP contribution in [0.2, 0.25) is 0 Å². The molecule has 28 heavy (non-hydrogen) atoms. The van der Waals surface area contributed by atoms with Gasteiger partial charge in [0.05, 0.1) is 11.5 Å². The lowest BCUT2D eigenvalue weighted by Gasteiger charge is -2.36. The molecule has 0 spiro atoms. The highest BCUT2D eigenvalue weighted by Gasteiger charge is 2.35. The zero-order valence-electron chi connectivity index (χ0n) is 17.8. The van der Waals surface area contributed by atoms with Gasteiger partial charge >= 0.3 is 0 Å². The van der Waals surface area contributed by atoms with Gasteiger partial charge in [0.1, 0.15) is 0 Å². The Balaban J connectivity index is 2.15. The average Bonchev–Trinajstić information content (AvgIpc) is 2.69. The van der Waals surface area contributed by atoms with Crippen molar-refractivity contribution in [1.82, 2.24) is 4.90 Å². The van der Waals surface area contributed by atoms with Gasteiger partial charge in [0.25, 0.3) is 0 Å². The van der Waals surface area contributed by atoms with Gasteiger partial charge in [-0.25, -0.2) is 0 Å². The Kier molecular flexibility index (Phi) is 8.28. The maximum Gasteiger partial charge on any atom is 0.0845 e. The summed E-state index contributed by atoms with van der Waals surface area (Å²) in [5.41, 5.74) is 2.03. The van der Waals surface area contributed by atoms with Crippen LogP contribution in [0.3, 0.4) is 0 Å². The standard InChI is InChI=1S/C25H33BrN2/c1-19(2)25(18-27,23-12-14-24(26)15-13-23)16-9-17-28(20(3)4)21(5)22-10-7-6-8-11-22/h6-8,10-15,19-21H,9,16-17H2,1-5H3. The highest BCUT2D eigenvalue weighted by Crippen LogP contribution is 2.37. The number of benzene rings is 2. The van der Waals surface area contributed by atoms with Gasteiger partial charge in [-0.2, -0.15) is 5.26 Å². The minimum atomic E-state index is -0.445. The first-order valence-electron chi connectivity index (χ1n) is 10.3. The molecule has 0 saturated heterocycles. The lowest BCUT2D eigenvalue weighted by atomic mass is 9.70. The molecule has 0 radical (unpaired) electrons. The smallest absolute Gasteiger partial charge is 0.0845 e. The number of rotatable bonds is 9. The number of halogens is 1. The van der Waals surface area contributed by atoms with E-state index in [4.69, 9.17) is 0 Å². The third-order valence-electron chi connectivity index (χ3n) is 5.97. The summed E-state index contributed by atoms with van der Waals surface area (Å²) < 4.78 is 1.05. The van der Waals surface area contributed by atoms with Crippen molar-refractivity contribution in [2.24, 2.45) is 5.92 Å². The van der Waals surface area contributed by atoms with Crippen molar-refractivity contribution in [2.75, 3.05) is 6.54 Å². The van der Waals surface area contributed by atoms with E-state index in [9.17, 15) is 5.26 Å². The van der Waals surface area contributed by atoms with Crippen molar-refractivity contribution < 1.29 is 0 Å². The van der Waals surface area contributed by atoms with Crippen molar-refractivity contribution in [3.05, 3.63) is 70.2 Å². The van der Waals surface area contributed by atoms with Crippen molar-refractivity contribution >= 4 is 15.9 Å². The molecule has 0 fully saturated rings. The van der Waals surface area contributed by atoms with Gasteiger partial charge in [0.15, 0.2) is 0 Å². The molecule has 0 aliphatic carbocycles. The molecule has 0 N–H and O–H groups in total. The molecule has 0 saturated carbocycles. The topological polar surface area (TPSA) is 27.0 Å². The summed E-state index contributed by atoms with van der Waals surface area (Å²) in [6.07, 6.45) is 1.87. The Morgan fingerprint density at radius 2 is 1.57 bits per heavy atom. The predicted octanol–water partition coefficient (Wildman–Crippen LogP) is 7.12. The number of hydrogen-bond acceptors (Lipinski definition) is 2. The van der Waals surface area contributed by atoms with E-state index in [1.165, 1.54) is 5.56 Å². The molecule has 2 atom stereocenters. The first-order chi connectivity index (χ1) is 13.3. The number of nitrogens with zero attached hydrogens (tertiary/aromatic N) is 2. The molecule has 0 amide bonds. The third-order valence-corrected chi connectivity index (χ3v) is 6.50. The molecule has 0 heterocycles. The van der Waals surface area contributed by atoms with E-state index in [1.807, 2.05) is 12.1 Å². The van der Waals surface area contributed by atoms with Crippen molar-refractivity contribution in [2.45, 2.75) is 65.0 Å². The number of nitriles is 1. The first-order valence-corrected chi connectivity index (χ1v) is 11.1. The van der Waals surface area contributed by atoms with Gasteiger partial charge in [-0.3, -0.25) is 4.90 Å². The van der Waals surface area contributed by atoms with Crippen molar-refractivity contribution in [1.29, 1.82) is 5.26 Å². The van der Waals surface area contributed by atoms with Crippen LogP contribution in [0.15, 0.2) is 59.1 Å². The van der Waals surface area contributed by atoms with E-state index >= 15 is 0 Å². The first kappa shape index (κ1) is 22.7. The second-order valence-electron chi connectivity index (χ2n) is 8.27. The van der Waals surface area contributed by atoms with Gasteiger partial charge in [-0.15, -0.1) is 0 Å². The van der Waals surface area contributed by atoms with Gasteiger partial charge < -0.3 is 0 Å². The number of hydrogen-bond donors (Lipinski definition) is 0. The van der Waals surface area contributed by atoms with Crippen molar-refractivity contribution in [3.8, 4) is 6.07 Å². The van der Waals surface area contributed by atoms with E-state index in [2.05, 4.69) is 104 Å². The molecule has 0 aliphatic heterocycles. The third kappa shape index (κ3) is 5.25. The molecule has 2 aromatic carbocycles. The van der Waals surface area contributed by atoms with E-state index in [-0.39, 0.29) is 5.92 Å². The molecule has 0 aromatic heterocycles. The molecule has 2 rings (SSSR count). The van der Waals surface area contributed by atoms with Crippen LogP contribution in [0.25, 0.3) is 0 Å². The highest BCUT2D eigenvalue weighted by molar-refractivity contribution is 9.10. The normalized spacial score (nSPS) is 14.9. The molecular weight excluding hydrogens is 408 g/mol. The summed E-state index contributed by atoms with van der Waals surface area (Å²) in [5, 5.41) is 10.2. The summed E-state index contributed by atoms with van der Waals surface area (Å²) in [6, 6.07) is 22.5. The van der Waals surface area contributed by atoms with Crippen LogP contribution >= 0.6 is 15.9 Å². The lowest BCUT2D eigenvalue weighted by Crippen LogP contribution is -2.36. The SMILES string of the molecule is CC(C)N(CCCC(C#N)(c1ccc(Br)cc1)C(C)C)C(C)c1ccccc1. The van der Waals surface area contributed by atoms with Crippen LogP contribution in [-0.4, -0.2) is 17.5 Å². The quantitative estimate of drug-likeness (QED) is 0.414. The second kappa shape index (κ2) is 10.2. The molecule has 2 aromatic rings. The van der Waals surface area contributed by atoms with Crippen LogP contribution in [-0.2, 0) is 5.41 Å². The minimum Gasteiger partial charge on any atom is -0.294 e. The molecule has 2 nitrogen and oxygen atoms in total. The summed E-state index contributed by atoms with van der Waals surface area (Å²) in [6.45, 7) is 12.1. The molecule has 3 heteroatoms. The summed E-state index contributed by atoms with van der Waals surface area (Å²) in [5.74, 6) is 0.262. The molecule has 150 valence electrons. The van der Waals surface area contributed by atoms with Gasteiger partial charge in [-0.05, 0) is 69.3 Å². The zero-order valence-corrected chi connectivity index (χ0v) is 19.4. The Bertz CT molecular complexity index is 761. The van der Waals surface area contributed by atoms with Crippen LogP contribution in [0, 0.1) is 17.2 Å². The molecule has 0 aliphatic rings. The maximum atomic E-state index is 10.2. The fraction of sp³-hybridized carbons (Fsp3) is 0.480.